The lowest BCUT2D eigenvalue weighted by atomic mass is 9.71. The fourth-order valence-corrected chi connectivity index (χ4v) is 4.53. The van der Waals surface area contributed by atoms with E-state index in [0.29, 0.717) is 43.9 Å². The van der Waals surface area contributed by atoms with Crippen LogP contribution < -0.4 is 4.74 Å². The van der Waals surface area contributed by atoms with E-state index in [0.717, 1.165) is 12.8 Å². The summed E-state index contributed by atoms with van der Waals surface area (Å²) in [4.78, 5) is 33.0. The number of aliphatic hydroxyl groups is 1. The monoisotopic (exact) mass is 409 g/mol. The predicted octanol–water partition coefficient (Wildman–Crippen LogP) is 1.98. The van der Waals surface area contributed by atoms with Gasteiger partial charge in [-0.2, -0.15) is 0 Å². The number of aliphatic hydroxyl groups excluding tert-OH is 1. The largest absolute Gasteiger partial charge is 0.484 e. The maximum Gasteiger partial charge on any atom is 0.260 e. The first-order valence-electron chi connectivity index (χ1n) is 10.4. The maximum absolute atomic E-state index is 12.9. The number of piperidine rings is 2. The van der Waals surface area contributed by atoms with E-state index in [1.807, 2.05) is 35.2 Å². The number of carbonyl (C=O) groups is 2. The molecule has 0 aliphatic carbocycles. The fraction of sp³-hybridized carbons (Fsp3) is 0.435. The number of benzene rings is 1. The molecule has 1 spiro atoms. The first kappa shape index (κ1) is 20.3. The summed E-state index contributed by atoms with van der Waals surface area (Å²) in [5.74, 6) is 0.545. The standard InChI is InChI=1S/C23H27N3O4/c27-19-13-23(17-26(15-19)22(29)18-5-4-10-24-14-18)8-11-25(12-9-23)21(28)16-30-20-6-2-1-3-7-20/h1-7,10,14,19,27H,8-9,11-13,15-17H2. The van der Waals surface area contributed by atoms with Crippen molar-refractivity contribution in [3.05, 3.63) is 60.4 Å². The second-order valence-electron chi connectivity index (χ2n) is 8.27. The Morgan fingerprint density at radius 3 is 2.57 bits per heavy atom. The number of likely N-dealkylation sites (tertiary alicyclic amines) is 2. The lowest BCUT2D eigenvalue weighted by Gasteiger charge is -2.49. The zero-order valence-electron chi connectivity index (χ0n) is 16.9. The van der Waals surface area contributed by atoms with E-state index >= 15 is 0 Å². The Balaban J connectivity index is 1.34. The van der Waals surface area contributed by atoms with Crippen molar-refractivity contribution in [2.75, 3.05) is 32.8 Å². The summed E-state index contributed by atoms with van der Waals surface area (Å²) in [5, 5.41) is 10.5. The van der Waals surface area contributed by atoms with Crippen LogP contribution in [-0.4, -0.2) is 70.6 Å². The zero-order chi connectivity index (χ0) is 21.0. The van der Waals surface area contributed by atoms with Crippen LogP contribution in [-0.2, 0) is 4.79 Å². The molecule has 2 aliphatic rings. The van der Waals surface area contributed by atoms with Crippen molar-refractivity contribution in [2.24, 2.45) is 5.41 Å². The average molecular weight is 409 g/mol. The molecule has 2 fully saturated rings. The first-order chi connectivity index (χ1) is 14.5. The minimum atomic E-state index is -0.553. The number of aromatic nitrogens is 1. The molecule has 1 N–H and O–H groups in total. The fourth-order valence-electron chi connectivity index (χ4n) is 4.53. The minimum Gasteiger partial charge on any atom is -0.484 e. The summed E-state index contributed by atoms with van der Waals surface area (Å²) >= 11 is 0. The van der Waals surface area contributed by atoms with Crippen molar-refractivity contribution in [3.8, 4) is 5.75 Å². The molecular formula is C23H27N3O4. The van der Waals surface area contributed by atoms with E-state index in [9.17, 15) is 14.7 Å². The number of β-amino-alcohol motifs (C(OH)–C–C–N with tert-alkyl or cyclic N) is 1. The van der Waals surface area contributed by atoms with Crippen LogP contribution in [0.25, 0.3) is 0 Å². The highest BCUT2D eigenvalue weighted by Gasteiger charge is 2.43. The van der Waals surface area contributed by atoms with Gasteiger partial charge in [-0.25, -0.2) is 0 Å². The van der Waals surface area contributed by atoms with Crippen molar-refractivity contribution < 1.29 is 19.4 Å². The Morgan fingerprint density at radius 2 is 1.87 bits per heavy atom. The first-order valence-corrected chi connectivity index (χ1v) is 10.4. The van der Waals surface area contributed by atoms with E-state index in [-0.39, 0.29) is 23.8 Å². The van der Waals surface area contributed by atoms with Crippen LogP contribution in [0, 0.1) is 5.41 Å². The molecule has 2 amide bonds. The van der Waals surface area contributed by atoms with Gasteiger partial charge in [-0.05, 0) is 48.9 Å². The number of rotatable bonds is 4. The number of hydrogen-bond donors (Lipinski definition) is 1. The molecule has 0 bridgehead atoms. The number of pyridine rings is 1. The van der Waals surface area contributed by atoms with E-state index in [2.05, 4.69) is 4.98 Å². The van der Waals surface area contributed by atoms with Gasteiger partial charge in [-0.1, -0.05) is 18.2 Å². The van der Waals surface area contributed by atoms with Gasteiger partial charge in [0.2, 0.25) is 0 Å². The molecule has 7 heteroatoms. The second-order valence-corrected chi connectivity index (χ2v) is 8.27. The minimum absolute atomic E-state index is 0.0191. The topological polar surface area (TPSA) is 83.0 Å². The van der Waals surface area contributed by atoms with Crippen molar-refractivity contribution in [3.63, 3.8) is 0 Å². The third-order valence-electron chi connectivity index (χ3n) is 6.10. The Morgan fingerprint density at radius 1 is 1.10 bits per heavy atom. The van der Waals surface area contributed by atoms with Gasteiger partial charge < -0.3 is 19.6 Å². The normalized spacial score (nSPS) is 20.8. The van der Waals surface area contributed by atoms with Gasteiger partial charge in [-0.3, -0.25) is 14.6 Å². The summed E-state index contributed by atoms with van der Waals surface area (Å²) in [6, 6.07) is 12.8. The van der Waals surface area contributed by atoms with Gasteiger partial charge in [0.15, 0.2) is 6.61 Å². The number of carbonyl (C=O) groups excluding carboxylic acids is 2. The lowest BCUT2D eigenvalue weighted by molar-refractivity contribution is -0.137. The molecule has 1 unspecified atom stereocenters. The Labute approximate surface area is 176 Å². The molecule has 0 saturated carbocycles. The number of amides is 2. The van der Waals surface area contributed by atoms with Crippen LogP contribution in [0.1, 0.15) is 29.6 Å². The number of hydrogen-bond acceptors (Lipinski definition) is 5. The molecule has 2 saturated heterocycles. The molecule has 158 valence electrons. The summed E-state index contributed by atoms with van der Waals surface area (Å²) in [7, 11) is 0. The van der Waals surface area contributed by atoms with Crippen molar-refractivity contribution in [2.45, 2.75) is 25.4 Å². The van der Waals surface area contributed by atoms with Crippen molar-refractivity contribution >= 4 is 11.8 Å². The highest BCUT2D eigenvalue weighted by atomic mass is 16.5. The van der Waals surface area contributed by atoms with Gasteiger partial charge in [0.05, 0.1) is 11.7 Å². The molecule has 1 atom stereocenters. The Bertz CT molecular complexity index is 867. The molecule has 2 aromatic rings. The van der Waals surface area contributed by atoms with Crippen LogP contribution in [0.2, 0.25) is 0 Å². The van der Waals surface area contributed by atoms with Gasteiger partial charge in [0.25, 0.3) is 11.8 Å². The molecule has 7 nitrogen and oxygen atoms in total. The van der Waals surface area contributed by atoms with E-state index < -0.39 is 6.10 Å². The third-order valence-corrected chi connectivity index (χ3v) is 6.10. The highest BCUT2D eigenvalue weighted by molar-refractivity contribution is 5.94. The molecule has 1 aromatic carbocycles. The van der Waals surface area contributed by atoms with Crippen LogP contribution >= 0.6 is 0 Å². The smallest absolute Gasteiger partial charge is 0.260 e. The summed E-state index contributed by atoms with van der Waals surface area (Å²) in [5.41, 5.74) is 0.375. The van der Waals surface area contributed by atoms with Crippen LogP contribution in [0.5, 0.6) is 5.75 Å². The predicted molar refractivity (Wildman–Crippen MR) is 111 cm³/mol. The van der Waals surface area contributed by atoms with Crippen LogP contribution in [0.15, 0.2) is 54.9 Å². The Hall–Kier alpha value is -2.93. The zero-order valence-corrected chi connectivity index (χ0v) is 16.9. The molecule has 3 heterocycles. The molecular weight excluding hydrogens is 382 g/mol. The maximum atomic E-state index is 12.9. The van der Waals surface area contributed by atoms with Crippen LogP contribution in [0.4, 0.5) is 0 Å². The molecule has 2 aliphatic heterocycles. The second kappa shape index (κ2) is 8.83. The SMILES string of the molecule is O=C(COc1ccccc1)N1CCC2(CC1)CC(O)CN(C(=O)c1cccnc1)C2. The van der Waals surface area contributed by atoms with Gasteiger partial charge in [0.1, 0.15) is 5.75 Å². The van der Waals surface area contributed by atoms with Crippen molar-refractivity contribution in [1.29, 1.82) is 0 Å². The van der Waals surface area contributed by atoms with Crippen LogP contribution in [0.3, 0.4) is 0 Å². The summed E-state index contributed by atoms with van der Waals surface area (Å²) in [6.07, 6.45) is 4.83. The average Bonchev–Trinajstić information content (AvgIpc) is 2.78. The van der Waals surface area contributed by atoms with E-state index in [1.54, 1.807) is 29.4 Å². The molecule has 1 aromatic heterocycles. The van der Waals surface area contributed by atoms with Gasteiger partial charge in [-0.15, -0.1) is 0 Å². The molecule has 4 rings (SSSR count). The molecule has 0 radical (unpaired) electrons. The van der Waals surface area contributed by atoms with E-state index in [1.165, 1.54) is 0 Å². The van der Waals surface area contributed by atoms with Crippen molar-refractivity contribution in [1.82, 2.24) is 14.8 Å². The summed E-state index contributed by atoms with van der Waals surface area (Å²) < 4.78 is 5.58. The van der Waals surface area contributed by atoms with E-state index in [4.69, 9.17) is 4.74 Å². The van der Waals surface area contributed by atoms with Gasteiger partial charge >= 0.3 is 0 Å². The lowest BCUT2D eigenvalue weighted by Crippen LogP contribution is -2.56. The Kier molecular flexibility index (Phi) is 5.99. The third kappa shape index (κ3) is 4.62. The number of para-hydroxylation sites is 1. The number of ether oxygens (including phenoxy) is 1. The van der Waals surface area contributed by atoms with Gasteiger partial charge in [0, 0.05) is 38.6 Å². The highest BCUT2D eigenvalue weighted by Crippen LogP contribution is 2.40. The number of nitrogens with zero attached hydrogens (tertiary/aromatic N) is 3. The summed E-state index contributed by atoms with van der Waals surface area (Å²) in [6.45, 7) is 2.17. The quantitative estimate of drug-likeness (QED) is 0.835. The molecule has 30 heavy (non-hydrogen) atoms.